The van der Waals surface area contributed by atoms with E-state index in [1.54, 1.807) is 6.20 Å². The Balaban J connectivity index is 1.97. The molecule has 1 fully saturated rings. The van der Waals surface area contributed by atoms with Crippen molar-refractivity contribution in [1.82, 2.24) is 4.90 Å². The first-order valence-corrected chi connectivity index (χ1v) is 8.88. The summed E-state index contributed by atoms with van der Waals surface area (Å²) in [5.41, 5.74) is 2.17. The summed E-state index contributed by atoms with van der Waals surface area (Å²) in [5, 5.41) is 12.1. The quantitative estimate of drug-likeness (QED) is 0.632. The Morgan fingerprint density at radius 1 is 1.42 bits per heavy atom. The van der Waals surface area contributed by atoms with Gasteiger partial charge in [-0.15, -0.1) is 0 Å². The van der Waals surface area contributed by atoms with Gasteiger partial charge in [-0.3, -0.25) is 4.79 Å². The number of hydrogen-bond acceptors (Lipinski definition) is 3. The van der Waals surface area contributed by atoms with Crippen molar-refractivity contribution in [3.8, 4) is 6.07 Å². The van der Waals surface area contributed by atoms with Crippen LogP contribution < -0.4 is 5.32 Å². The molecule has 0 aromatic heterocycles. The molecule has 1 aromatic carbocycles. The molecule has 0 spiro atoms. The van der Waals surface area contributed by atoms with Gasteiger partial charge in [-0.1, -0.05) is 32.4 Å². The Hall–Kier alpha value is -2.28. The van der Waals surface area contributed by atoms with Gasteiger partial charge in [-0.2, -0.15) is 5.26 Å². The van der Waals surface area contributed by atoms with E-state index in [9.17, 15) is 10.1 Å². The molecule has 0 radical (unpaired) electrons. The van der Waals surface area contributed by atoms with E-state index < -0.39 is 0 Å². The second kappa shape index (κ2) is 9.12. The third-order valence-corrected chi connectivity index (χ3v) is 4.40. The average molecular weight is 325 g/mol. The molecule has 1 unspecified atom stereocenters. The molecular weight excluding hydrogens is 298 g/mol. The molecule has 24 heavy (non-hydrogen) atoms. The van der Waals surface area contributed by atoms with E-state index in [1.807, 2.05) is 30.3 Å². The number of aryl methyl sites for hydroxylation is 1. The van der Waals surface area contributed by atoms with Crippen LogP contribution in [0.3, 0.4) is 0 Å². The van der Waals surface area contributed by atoms with Crippen molar-refractivity contribution in [2.75, 3.05) is 18.4 Å². The summed E-state index contributed by atoms with van der Waals surface area (Å²) >= 11 is 0. The van der Waals surface area contributed by atoms with Crippen LogP contribution in [0.1, 0.15) is 45.1 Å². The first-order valence-electron chi connectivity index (χ1n) is 8.88. The Labute approximate surface area is 145 Å². The number of hydrogen-bond donors (Lipinski definition) is 1. The molecular formula is C20H27N3O. The van der Waals surface area contributed by atoms with Gasteiger partial charge < -0.3 is 10.2 Å². The Morgan fingerprint density at radius 3 is 2.79 bits per heavy atom. The van der Waals surface area contributed by atoms with Crippen molar-refractivity contribution >= 4 is 11.6 Å². The lowest BCUT2D eigenvalue weighted by atomic mass is 10.0. The third kappa shape index (κ3) is 5.42. The molecule has 2 rings (SSSR count). The highest BCUT2D eigenvalue weighted by Crippen LogP contribution is 2.17. The molecule has 0 aliphatic carbocycles. The second-order valence-electron chi connectivity index (χ2n) is 6.65. The number of piperidine rings is 1. The monoisotopic (exact) mass is 325 g/mol. The summed E-state index contributed by atoms with van der Waals surface area (Å²) < 4.78 is 0. The van der Waals surface area contributed by atoms with E-state index in [0.717, 1.165) is 31.6 Å². The van der Waals surface area contributed by atoms with Gasteiger partial charge in [0.15, 0.2) is 0 Å². The van der Waals surface area contributed by atoms with Crippen molar-refractivity contribution in [1.29, 1.82) is 5.26 Å². The summed E-state index contributed by atoms with van der Waals surface area (Å²) in [7, 11) is 0. The van der Waals surface area contributed by atoms with E-state index in [0.29, 0.717) is 5.92 Å². The highest BCUT2D eigenvalue weighted by Gasteiger charge is 2.16. The molecule has 1 amide bonds. The molecule has 128 valence electrons. The Bertz CT molecular complexity index is 613. The summed E-state index contributed by atoms with van der Waals surface area (Å²) in [6, 6.07) is 9.91. The molecule has 1 aliphatic rings. The Morgan fingerprint density at radius 2 is 2.17 bits per heavy atom. The zero-order chi connectivity index (χ0) is 17.4. The highest BCUT2D eigenvalue weighted by atomic mass is 16.1. The fraction of sp³-hybridized carbons (Fsp3) is 0.500. The van der Waals surface area contributed by atoms with Crippen LogP contribution >= 0.6 is 0 Å². The van der Waals surface area contributed by atoms with Gasteiger partial charge >= 0.3 is 0 Å². The number of benzene rings is 1. The van der Waals surface area contributed by atoms with Crippen LogP contribution in [0.4, 0.5) is 5.69 Å². The maximum absolute atomic E-state index is 12.3. The number of amides is 1. The van der Waals surface area contributed by atoms with Crippen LogP contribution in [0.2, 0.25) is 0 Å². The minimum absolute atomic E-state index is 0.166. The van der Waals surface area contributed by atoms with Gasteiger partial charge in [0.25, 0.3) is 5.91 Å². The minimum atomic E-state index is -0.336. The van der Waals surface area contributed by atoms with E-state index in [1.165, 1.54) is 24.8 Å². The van der Waals surface area contributed by atoms with E-state index in [-0.39, 0.29) is 11.5 Å². The number of carbonyl (C=O) groups excluding carboxylic acids is 1. The van der Waals surface area contributed by atoms with Crippen molar-refractivity contribution in [2.24, 2.45) is 5.92 Å². The van der Waals surface area contributed by atoms with Crippen molar-refractivity contribution < 1.29 is 4.79 Å². The van der Waals surface area contributed by atoms with Crippen LogP contribution in [0.25, 0.3) is 0 Å². The fourth-order valence-electron chi connectivity index (χ4n) is 3.00. The topological polar surface area (TPSA) is 56.1 Å². The summed E-state index contributed by atoms with van der Waals surface area (Å²) in [6.45, 7) is 6.19. The third-order valence-electron chi connectivity index (χ3n) is 4.40. The number of anilines is 1. The van der Waals surface area contributed by atoms with Crippen molar-refractivity contribution in [2.45, 2.75) is 46.0 Å². The zero-order valence-corrected chi connectivity index (χ0v) is 14.7. The number of nitriles is 1. The van der Waals surface area contributed by atoms with Gasteiger partial charge in [-0.25, -0.2) is 0 Å². The molecule has 1 saturated heterocycles. The molecule has 1 atom stereocenters. The lowest BCUT2D eigenvalue weighted by Gasteiger charge is -2.29. The Kier molecular flexibility index (Phi) is 6.87. The molecule has 1 aromatic rings. The van der Waals surface area contributed by atoms with Crippen LogP contribution in [-0.4, -0.2) is 23.9 Å². The zero-order valence-electron chi connectivity index (χ0n) is 14.7. The van der Waals surface area contributed by atoms with Crippen LogP contribution in [-0.2, 0) is 11.2 Å². The predicted octanol–water partition coefficient (Wildman–Crippen LogP) is 4.11. The lowest BCUT2D eigenvalue weighted by Crippen LogP contribution is -2.31. The maximum atomic E-state index is 12.3. The molecule has 1 heterocycles. The summed E-state index contributed by atoms with van der Waals surface area (Å²) in [4.78, 5) is 14.4. The SMILES string of the molecule is CCCCc1ccc(NC(=O)/C(C#N)=C\N2CCCC(C)C2)cc1. The molecule has 1 N–H and O–H groups in total. The number of nitrogens with zero attached hydrogens (tertiary/aromatic N) is 2. The van der Waals surface area contributed by atoms with Gasteiger partial charge in [0.1, 0.15) is 11.6 Å². The van der Waals surface area contributed by atoms with Crippen molar-refractivity contribution in [3.63, 3.8) is 0 Å². The van der Waals surface area contributed by atoms with Crippen LogP contribution in [0.15, 0.2) is 36.0 Å². The number of rotatable bonds is 6. The van der Waals surface area contributed by atoms with Gasteiger partial charge in [0.05, 0.1) is 0 Å². The van der Waals surface area contributed by atoms with E-state index in [2.05, 4.69) is 24.1 Å². The standard InChI is InChI=1S/C20H27N3O/c1-3-4-7-17-8-10-19(11-9-17)22-20(24)18(13-21)15-23-12-5-6-16(2)14-23/h8-11,15-16H,3-7,12,14H2,1-2H3,(H,22,24)/b18-15-. The number of likely N-dealkylation sites (tertiary alicyclic amines) is 1. The molecule has 4 heteroatoms. The smallest absolute Gasteiger partial charge is 0.267 e. The normalized spacial score (nSPS) is 18.1. The molecule has 4 nitrogen and oxygen atoms in total. The highest BCUT2D eigenvalue weighted by molar-refractivity contribution is 6.06. The minimum Gasteiger partial charge on any atom is -0.376 e. The van der Waals surface area contributed by atoms with Gasteiger partial charge in [-0.05, 0) is 49.3 Å². The number of carbonyl (C=O) groups is 1. The fourth-order valence-corrected chi connectivity index (χ4v) is 3.00. The maximum Gasteiger partial charge on any atom is 0.267 e. The van der Waals surface area contributed by atoms with Crippen LogP contribution in [0, 0.1) is 17.2 Å². The summed E-state index contributed by atoms with van der Waals surface area (Å²) in [5.74, 6) is 0.269. The molecule has 0 saturated carbocycles. The number of unbranched alkanes of at least 4 members (excludes halogenated alkanes) is 1. The van der Waals surface area contributed by atoms with E-state index >= 15 is 0 Å². The lowest BCUT2D eigenvalue weighted by molar-refractivity contribution is -0.112. The first kappa shape index (κ1) is 18.1. The predicted molar refractivity (Wildman–Crippen MR) is 97.4 cm³/mol. The van der Waals surface area contributed by atoms with E-state index in [4.69, 9.17) is 0 Å². The van der Waals surface area contributed by atoms with Gasteiger partial charge in [0, 0.05) is 25.0 Å². The summed E-state index contributed by atoms with van der Waals surface area (Å²) in [6.07, 6.45) is 7.42. The largest absolute Gasteiger partial charge is 0.376 e. The van der Waals surface area contributed by atoms with Gasteiger partial charge in [0.2, 0.25) is 0 Å². The van der Waals surface area contributed by atoms with Crippen molar-refractivity contribution in [3.05, 3.63) is 41.6 Å². The second-order valence-corrected chi connectivity index (χ2v) is 6.65. The average Bonchev–Trinajstić information content (AvgIpc) is 2.59. The molecule has 0 bridgehead atoms. The molecule has 1 aliphatic heterocycles. The first-order chi connectivity index (χ1) is 11.6. The number of nitrogens with one attached hydrogen (secondary N) is 1. The van der Waals surface area contributed by atoms with Crippen LogP contribution in [0.5, 0.6) is 0 Å².